The Balaban J connectivity index is 2.30. The Morgan fingerprint density at radius 1 is 1.46 bits per heavy atom. The summed E-state index contributed by atoms with van der Waals surface area (Å²) in [4.78, 5) is 2.58. The molecule has 0 radical (unpaired) electrons. The second-order valence-corrected chi connectivity index (χ2v) is 5.04. The zero-order chi connectivity index (χ0) is 9.90. The Hall–Kier alpha value is -0.0800. The zero-order valence-corrected chi connectivity index (χ0v) is 9.56. The van der Waals surface area contributed by atoms with Crippen molar-refractivity contribution in [1.82, 2.24) is 10.2 Å². The molecule has 78 valence electrons. The van der Waals surface area contributed by atoms with E-state index in [0.717, 1.165) is 12.5 Å². The van der Waals surface area contributed by atoms with Crippen molar-refractivity contribution in [2.45, 2.75) is 39.7 Å². The van der Waals surface area contributed by atoms with E-state index in [2.05, 4.69) is 37.9 Å². The minimum atomic E-state index is 0.277. The van der Waals surface area contributed by atoms with Crippen LogP contribution < -0.4 is 5.32 Å². The van der Waals surface area contributed by atoms with Crippen LogP contribution in [-0.4, -0.2) is 36.6 Å². The summed E-state index contributed by atoms with van der Waals surface area (Å²) >= 11 is 0. The molecule has 2 heteroatoms. The highest BCUT2D eigenvalue weighted by atomic mass is 15.2. The summed E-state index contributed by atoms with van der Waals surface area (Å²) in [6.45, 7) is 13.9. The van der Waals surface area contributed by atoms with E-state index in [1.54, 1.807) is 0 Å². The second kappa shape index (κ2) is 4.43. The van der Waals surface area contributed by atoms with Gasteiger partial charge in [0.25, 0.3) is 0 Å². The van der Waals surface area contributed by atoms with Gasteiger partial charge in [0.05, 0.1) is 0 Å². The Morgan fingerprint density at radius 3 is 2.62 bits per heavy atom. The maximum Gasteiger partial charge on any atom is 0.0252 e. The Bertz CT molecular complexity index is 154. The highest BCUT2D eigenvalue weighted by molar-refractivity contribution is 4.84. The molecule has 0 aromatic carbocycles. The van der Waals surface area contributed by atoms with Crippen molar-refractivity contribution in [3.05, 3.63) is 0 Å². The fourth-order valence-corrected chi connectivity index (χ4v) is 2.26. The third-order valence-corrected chi connectivity index (χ3v) is 2.78. The molecule has 0 aliphatic carbocycles. The lowest BCUT2D eigenvalue weighted by Crippen LogP contribution is -2.48. The first-order valence-corrected chi connectivity index (χ1v) is 5.51. The van der Waals surface area contributed by atoms with Gasteiger partial charge in [0.1, 0.15) is 0 Å². The summed E-state index contributed by atoms with van der Waals surface area (Å²) < 4.78 is 0. The molecule has 0 amide bonds. The molecule has 1 heterocycles. The first kappa shape index (κ1) is 11.0. The molecule has 1 unspecified atom stereocenters. The van der Waals surface area contributed by atoms with E-state index in [1.165, 1.54) is 26.1 Å². The van der Waals surface area contributed by atoms with Crippen molar-refractivity contribution in [1.29, 1.82) is 0 Å². The molecule has 1 fully saturated rings. The van der Waals surface area contributed by atoms with Crippen LogP contribution in [0, 0.1) is 5.92 Å². The van der Waals surface area contributed by atoms with Gasteiger partial charge in [-0.3, -0.25) is 0 Å². The summed E-state index contributed by atoms with van der Waals surface area (Å²) in [7, 11) is 0. The average Bonchev–Trinajstić information content (AvgIpc) is 2.34. The van der Waals surface area contributed by atoms with E-state index in [0.29, 0.717) is 0 Å². The number of nitrogens with one attached hydrogen (secondary N) is 1. The smallest absolute Gasteiger partial charge is 0.0252 e. The number of hydrogen-bond acceptors (Lipinski definition) is 2. The molecule has 0 bridgehead atoms. The van der Waals surface area contributed by atoms with Gasteiger partial charge in [0.2, 0.25) is 0 Å². The van der Waals surface area contributed by atoms with Crippen molar-refractivity contribution >= 4 is 0 Å². The molecular weight excluding hydrogens is 160 g/mol. The Morgan fingerprint density at radius 2 is 2.15 bits per heavy atom. The SMILES string of the molecule is CCNC(C)(C)CN1CCC(C)C1. The molecule has 0 aromatic rings. The number of rotatable bonds is 4. The van der Waals surface area contributed by atoms with E-state index >= 15 is 0 Å². The standard InChI is InChI=1S/C11H24N2/c1-5-12-11(3,4)9-13-7-6-10(2)8-13/h10,12H,5-9H2,1-4H3. The predicted molar refractivity (Wildman–Crippen MR) is 58.0 cm³/mol. The molecule has 1 aliphatic rings. The molecule has 0 aromatic heterocycles. The Labute approximate surface area is 82.7 Å². The first-order chi connectivity index (χ1) is 6.03. The largest absolute Gasteiger partial charge is 0.311 e. The van der Waals surface area contributed by atoms with Crippen LogP contribution >= 0.6 is 0 Å². The van der Waals surface area contributed by atoms with Crippen LogP contribution in [0.3, 0.4) is 0 Å². The zero-order valence-electron chi connectivity index (χ0n) is 9.56. The van der Waals surface area contributed by atoms with E-state index < -0.39 is 0 Å². The van der Waals surface area contributed by atoms with Gasteiger partial charge < -0.3 is 10.2 Å². The molecule has 0 saturated carbocycles. The monoisotopic (exact) mass is 184 g/mol. The van der Waals surface area contributed by atoms with Gasteiger partial charge in [0, 0.05) is 18.6 Å². The highest BCUT2D eigenvalue weighted by Gasteiger charge is 2.25. The number of likely N-dealkylation sites (N-methyl/N-ethyl adjacent to an activating group) is 1. The molecular formula is C11H24N2. The molecule has 2 nitrogen and oxygen atoms in total. The van der Waals surface area contributed by atoms with Crippen LogP contribution in [-0.2, 0) is 0 Å². The summed E-state index contributed by atoms with van der Waals surface area (Å²) in [6, 6.07) is 0. The second-order valence-electron chi connectivity index (χ2n) is 5.04. The van der Waals surface area contributed by atoms with Crippen LogP contribution in [0.25, 0.3) is 0 Å². The quantitative estimate of drug-likeness (QED) is 0.715. The summed E-state index contributed by atoms with van der Waals surface area (Å²) in [5, 5.41) is 3.52. The molecule has 0 spiro atoms. The van der Waals surface area contributed by atoms with Gasteiger partial charge >= 0.3 is 0 Å². The summed E-state index contributed by atoms with van der Waals surface area (Å²) in [6.07, 6.45) is 1.38. The summed E-state index contributed by atoms with van der Waals surface area (Å²) in [5.41, 5.74) is 0.277. The lowest BCUT2D eigenvalue weighted by molar-refractivity contribution is 0.233. The molecule has 13 heavy (non-hydrogen) atoms. The number of nitrogens with zero attached hydrogens (tertiary/aromatic N) is 1. The predicted octanol–water partition coefficient (Wildman–Crippen LogP) is 1.72. The van der Waals surface area contributed by atoms with E-state index in [9.17, 15) is 0 Å². The molecule has 1 atom stereocenters. The highest BCUT2D eigenvalue weighted by Crippen LogP contribution is 2.17. The van der Waals surface area contributed by atoms with Crippen LogP contribution in [0.4, 0.5) is 0 Å². The van der Waals surface area contributed by atoms with Crippen LogP contribution in [0.1, 0.15) is 34.1 Å². The fraction of sp³-hybridized carbons (Fsp3) is 1.00. The maximum atomic E-state index is 3.52. The lowest BCUT2D eigenvalue weighted by atomic mass is 10.1. The van der Waals surface area contributed by atoms with Crippen molar-refractivity contribution in [3.63, 3.8) is 0 Å². The van der Waals surface area contributed by atoms with Crippen molar-refractivity contribution in [2.75, 3.05) is 26.2 Å². The van der Waals surface area contributed by atoms with Crippen LogP contribution in [0.2, 0.25) is 0 Å². The number of hydrogen-bond donors (Lipinski definition) is 1. The Kier molecular flexibility index (Phi) is 3.74. The lowest BCUT2D eigenvalue weighted by Gasteiger charge is -2.31. The maximum absolute atomic E-state index is 3.52. The van der Waals surface area contributed by atoms with E-state index in [1.807, 2.05) is 0 Å². The molecule has 1 N–H and O–H groups in total. The van der Waals surface area contributed by atoms with Gasteiger partial charge in [0.15, 0.2) is 0 Å². The van der Waals surface area contributed by atoms with Crippen LogP contribution in [0.5, 0.6) is 0 Å². The van der Waals surface area contributed by atoms with Gasteiger partial charge in [-0.15, -0.1) is 0 Å². The first-order valence-electron chi connectivity index (χ1n) is 5.51. The summed E-state index contributed by atoms with van der Waals surface area (Å²) in [5.74, 6) is 0.900. The number of likely N-dealkylation sites (tertiary alicyclic amines) is 1. The molecule has 1 rings (SSSR count). The fourth-order valence-electron chi connectivity index (χ4n) is 2.26. The van der Waals surface area contributed by atoms with Crippen molar-refractivity contribution < 1.29 is 0 Å². The van der Waals surface area contributed by atoms with Gasteiger partial charge in [-0.2, -0.15) is 0 Å². The average molecular weight is 184 g/mol. The van der Waals surface area contributed by atoms with Crippen molar-refractivity contribution in [2.24, 2.45) is 5.92 Å². The topological polar surface area (TPSA) is 15.3 Å². The minimum absolute atomic E-state index is 0.277. The third kappa shape index (κ3) is 3.65. The third-order valence-electron chi connectivity index (χ3n) is 2.78. The van der Waals surface area contributed by atoms with Gasteiger partial charge in [-0.25, -0.2) is 0 Å². The molecule has 1 saturated heterocycles. The van der Waals surface area contributed by atoms with E-state index in [-0.39, 0.29) is 5.54 Å². The van der Waals surface area contributed by atoms with Gasteiger partial charge in [-0.1, -0.05) is 13.8 Å². The van der Waals surface area contributed by atoms with Crippen molar-refractivity contribution in [3.8, 4) is 0 Å². The normalized spacial score (nSPS) is 25.4. The van der Waals surface area contributed by atoms with Crippen LogP contribution in [0.15, 0.2) is 0 Å². The van der Waals surface area contributed by atoms with Gasteiger partial charge in [-0.05, 0) is 39.3 Å². The minimum Gasteiger partial charge on any atom is -0.311 e. The molecule has 1 aliphatic heterocycles. The van der Waals surface area contributed by atoms with E-state index in [4.69, 9.17) is 0 Å².